The number of likely N-dealkylation sites (tertiary alicyclic amines) is 1. The number of hydrogen-bond acceptors (Lipinski definition) is 4. The van der Waals surface area contributed by atoms with Crippen molar-refractivity contribution >= 4 is 15.7 Å². The Balaban J connectivity index is 1.11. The lowest BCUT2D eigenvalue weighted by Crippen LogP contribution is -2.33. The van der Waals surface area contributed by atoms with Crippen LogP contribution >= 0.6 is 0 Å². The molecule has 2 atom stereocenters. The van der Waals surface area contributed by atoms with Gasteiger partial charge in [0, 0.05) is 30.7 Å². The van der Waals surface area contributed by atoms with E-state index < -0.39 is 10.0 Å². The van der Waals surface area contributed by atoms with Crippen molar-refractivity contribution in [3.05, 3.63) is 95.6 Å². The summed E-state index contributed by atoms with van der Waals surface area (Å²) < 4.78 is 32.0. The van der Waals surface area contributed by atoms with Gasteiger partial charge in [0.2, 0.25) is 10.0 Å². The summed E-state index contributed by atoms with van der Waals surface area (Å²) in [7, 11) is -3.28. The van der Waals surface area contributed by atoms with Gasteiger partial charge in [0.05, 0.1) is 6.26 Å². The molecule has 5 nitrogen and oxygen atoms in total. The van der Waals surface area contributed by atoms with E-state index in [-0.39, 0.29) is 5.41 Å². The van der Waals surface area contributed by atoms with Gasteiger partial charge in [-0.25, -0.2) is 8.42 Å². The van der Waals surface area contributed by atoms with E-state index in [1.165, 1.54) is 22.9 Å². The van der Waals surface area contributed by atoms with Gasteiger partial charge in [0.15, 0.2) is 0 Å². The smallest absolute Gasteiger partial charge is 0.229 e. The van der Waals surface area contributed by atoms with Gasteiger partial charge in [0.25, 0.3) is 0 Å². The second kappa shape index (κ2) is 9.67. The summed E-state index contributed by atoms with van der Waals surface area (Å²) in [6.45, 7) is 6.01. The summed E-state index contributed by atoms with van der Waals surface area (Å²) in [6, 6.07) is 26.9. The van der Waals surface area contributed by atoms with Crippen LogP contribution in [-0.4, -0.2) is 45.8 Å². The van der Waals surface area contributed by atoms with Gasteiger partial charge in [-0.05, 0) is 65.6 Å². The van der Waals surface area contributed by atoms with Crippen molar-refractivity contribution in [3.8, 4) is 5.75 Å². The van der Waals surface area contributed by atoms with Gasteiger partial charge in [0.1, 0.15) is 12.4 Å². The molecule has 2 unspecified atom stereocenters. The van der Waals surface area contributed by atoms with Crippen LogP contribution in [0.3, 0.4) is 0 Å². The third-order valence-corrected chi connectivity index (χ3v) is 8.36. The molecular formula is C29H34N2O3S. The zero-order valence-electron chi connectivity index (χ0n) is 20.5. The van der Waals surface area contributed by atoms with Gasteiger partial charge in [-0.2, -0.15) is 0 Å². The minimum Gasteiger partial charge on any atom is -0.492 e. The van der Waals surface area contributed by atoms with Crippen molar-refractivity contribution in [2.75, 3.05) is 37.2 Å². The molecule has 0 bridgehead atoms. The number of fused-ring (bicyclic) bond motifs is 1. The van der Waals surface area contributed by atoms with Gasteiger partial charge in [-0.1, -0.05) is 61.5 Å². The number of nitrogens with one attached hydrogen (secondary N) is 1. The molecule has 1 saturated heterocycles. The molecule has 6 heteroatoms. The second-order valence-corrected chi connectivity index (χ2v) is 11.7. The lowest BCUT2D eigenvalue weighted by atomic mass is 9.87. The molecule has 5 rings (SSSR count). The van der Waals surface area contributed by atoms with Crippen molar-refractivity contribution in [1.29, 1.82) is 0 Å². The topological polar surface area (TPSA) is 58.6 Å². The Hall–Kier alpha value is -2.83. The number of anilines is 1. The molecule has 1 heterocycles. The summed E-state index contributed by atoms with van der Waals surface area (Å²) >= 11 is 0. The van der Waals surface area contributed by atoms with E-state index in [0.717, 1.165) is 38.2 Å². The van der Waals surface area contributed by atoms with Gasteiger partial charge in [-0.3, -0.25) is 9.62 Å². The molecule has 35 heavy (non-hydrogen) atoms. The van der Waals surface area contributed by atoms with Crippen LogP contribution < -0.4 is 9.46 Å². The van der Waals surface area contributed by atoms with Crippen molar-refractivity contribution in [2.45, 2.75) is 25.2 Å². The quantitative estimate of drug-likeness (QED) is 0.438. The minimum atomic E-state index is -3.28. The van der Waals surface area contributed by atoms with Crippen LogP contribution in [-0.2, 0) is 21.9 Å². The summed E-state index contributed by atoms with van der Waals surface area (Å²) in [5.41, 5.74) is 4.68. The number of rotatable bonds is 10. The Morgan fingerprint density at radius 1 is 0.943 bits per heavy atom. The molecule has 0 spiro atoms. The first-order valence-electron chi connectivity index (χ1n) is 12.4. The van der Waals surface area contributed by atoms with E-state index in [9.17, 15) is 8.42 Å². The van der Waals surface area contributed by atoms with Crippen LogP contribution in [0.25, 0.3) is 0 Å². The largest absolute Gasteiger partial charge is 0.492 e. The highest BCUT2D eigenvalue weighted by Crippen LogP contribution is 2.65. The van der Waals surface area contributed by atoms with E-state index in [2.05, 4.69) is 71.1 Å². The fourth-order valence-electron chi connectivity index (χ4n) is 6.07. The van der Waals surface area contributed by atoms with E-state index in [0.29, 0.717) is 24.1 Å². The average Bonchev–Trinajstić information content (AvgIpc) is 3.22. The molecule has 184 valence electrons. The van der Waals surface area contributed by atoms with Crippen molar-refractivity contribution in [2.24, 2.45) is 11.8 Å². The fraction of sp³-hybridized carbons (Fsp3) is 0.379. The van der Waals surface area contributed by atoms with Crippen molar-refractivity contribution in [1.82, 2.24) is 4.90 Å². The first kappa shape index (κ1) is 23.9. The number of hydrogen-bond donors (Lipinski definition) is 1. The summed E-state index contributed by atoms with van der Waals surface area (Å²) in [4.78, 5) is 2.51. The van der Waals surface area contributed by atoms with Crippen LogP contribution in [0.5, 0.6) is 5.75 Å². The molecule has 2 fully saturated rings. The number of nitrogens with zero attached hydrogens (tertiary/aromatic N) is 1. The van der Waals surface area contributed by atoms with Crippen LogP contribution in [0, 0.1) is 11.8 Å². The van der Waals surface area contributed by atoms with Crippen LogP contribution in [0.4, 0.5) is 5.69 Å². The highest BCUT2D eigenvalue weighted by Gasteiger charge is 2.67. The number of piperidine rings is 1. The predicted molar refractivity (Wildman–Crippen MR) is 141 cm³/mol. The lowest BCUT2D eigenvalue weighted by Gasteiger charge is -2.26. The Morgan fingerprint density at radius 2 is 1.63 bits per heavy atom. The van der Waals surface area contributed by atoms with Crippen molar-refractivity contribution < 1.29 is 13.2 Å². The molecule has 0 aromatic heterocycles. The Labute approximate surface area is 209 Å². The monoisotopic (exact) mass is 490 g/mol. The first-order valence-corrected chi connectivity index (χ1v) is 14.3. The fourth-order valence-corrected chi connectivity index (χ4v) is 6.62. The maximum Gasteiger partial charge on any atom is 0.229 e. The van der Waals surface area contributed by atoms with E-state index >= 15 is 0 Å². The molecule has 3 aromatic carbocycles. The molecule has 3 aromatic rings. The highest BCUT2D eigenvalue weighted by atomic mass is 32.2. The van der Waals surface area contributed by atoms with Gasteiger partial charge < -0.3 is 4.74 Å². The predicted octanol–water partition coefficient (Wildman–Crippen LogP) is 4.94. The number of sulfonamides is 1. The van der Waals surface area contributed by atoms with E-state index in [4.69, 9.17) is 4.74 Å². The van der Waals surface area contributed by atoms with Crippen LogP contribution in [0.2, 0.25) is 0 Å². The molecule has 1 saturated carbocycles. The number of ether oxygens (including phenoxy) is 1. The molecule has 1 aliphatic heterocycles. The summed E-state index contributed by atoms with van der Waals surface area (Å²) in [5.74, 6) is 2.17. The standard InChI is InChI=1S/C29H34N2O3S/c1-3-29(24-10-7-11-25(19-24)30-35(2,32)33)27-20-31(21-28(27)29)16-17-34-26-14-12-23(13-15-26)18-22-8-5-4-6-9-22/h4-15,19,27-28,30H,3,16-18,20-21H2,1-2H3. The molecule has 1 N–H and O–H groups in total. The normalized spacial score (nSPS) is 23.6. The minimum absolute atomic E-state index is 0.168. The second-order valence-electron chi connectivity index (χ2n) is 9.98. The Bertz CT molecular complexity index is 1250. The van der Waals surface area contributed by atoms with Crippen LogP contribution in [0.1, 0.15) is 30.0 Å². The highest BCUT2D eigenvalue weighted by molar-refractivity contribution is 7.92. The van der Waals surface area contributed by atoms with Gasteiger partial charge >= 0.3 is 0 Å². The molecule has 1 aliphatic carbocycles. The zero-order chi connectivity index (χ0) is 24.5. The number of benzene rings is 3. The van der Waals surface area contributed by atoms with E-state index in [1.807, 2.05) is 24.3 Å². The lowest BCUT2D eigenvalue weighted by molar-refractivity contribution is 0.209. The third kappa shape index (κ3) is 5.24. The maximum atomic E-state index is 11.6. The summed E-state index contributed by atoms with van der Waals surface area (Å²) in [6.07, 6.45) is 3.20. The third-order valence-electron chi connectivity index (χ3n) is 7.75. The maximum absolute atomic E-state index is 11.6. The SMILES string of the molecule is CCC1(c2cccc(NS(C)(=O)=O)c2)C2CN(CCOc3ccc(Cc4ccccc4)cc3)CC21. The average molecular weight is 491 g/mol. The molecule has 0 radical (unpaired) electrons. The first-order chi connectivity index (χ1) is 16.9. The van der Waals surface area contributed by atoms with Gasteiger partial charge in [-0.15, -0.1) is 0 Å². The van der Waals surface area contributed by atoms with Crippen molar-refractivity contribution in [3.63, 3.8) is 0 Å². The Kier molecular flexibility index (Phi) is 6.60. The zero-order valence-corrected chi connectivity index (χ0v) is 21.3. The van der Waals surface area contributed by atoms with E-state index in [1.54, 1.807) is 0 Å². The molecular weight excluding hydrogens is 456 g/mol. The Morgan fingerprint density at radius 3 is 2.29 bits per heavy atom. The molecule has 0 amide bonds. The molecule has 2 aliphatic rings. The van der Waals surface area contributed by atoms with Crippen LogP contribution in [0.15, 0.2) is 78.9 Å². The summed E-state index contributed by atoms with van der Waals surface area (Å²) in [5, 5.41) is 0.